The molecule has 0 unspecified atom stereocenters. The van der Waals surface area contributed by atoms with Gasteiger partial charge in [-0.3, -0.25) is 0 Å². The Morgan fingerprint density at radius 2 is 1.62 bits per heavy atom. The van der Waals surface area contributed by atoms with Crippen LogP contribution in [-0.2, 0) is 6.42 Å². The topological polar surface area (TPSA) is 0 Å². The second-order valence-electron chi connectivity index (χ2n) is 4.06. The van der Waals surface area contributed by atoms with Crippen molar-refractivity contribution in [3.05, 3.63) is 48.2 Å². The molecule has 0 saturated carbocycles. The van der Waals surface area contributed by atoms with Crippen molar-refractivity contribution in [2.45, 2.75) is 45.4 Å². The lowest BCUT2D eigenvalue weighted by atomic mass is 10.1. The number of unbranched alkanes of at least 4 members (excludes halogenated alkanes) is 4. The molecule has 0 heterocycles. The maximum atomic E-state index is 3.42. The molecule has 0 radical (unpaired) electrons. The van der Waals surface area contributed by atoms with E-state index in [0.717, 1.165) is 10.2 Å². The van der Waals surface area contributed by atoms with Gasteiger partial charge in [0.2, 0.25) is 0 Å². The van der Waals surface area contributed by atoms with Crippen LogP contribution in [0.4, 0.5) is 0 Å². The predicted octanol–water partition coefficient (Wildman–Crippen LogP) is 3.69. The Balaban J connectivity index is 0.000000673. The zero-order valence-corrected chi connectivity index (χ0v) is 12.9. The van der Waals surface area contributed by atoms with E-state index < -0.39 is 0 Å². The van der Waals surface area contributed by atoms with Crippen molar-refractivity contribution >= 4 is 10.2 Å². The molecule has 1 rings (SSSR count). The summed E-state index contributed by atoms with van der Waals surface area (Å²) in [6.07, 6.45) is 8.14. The summed E-state index contributed by atoms with van der Waals surface area (Å²) in [5.41, 5.74) is 3.37. The molecule has 90 valence electrons. The molecular weight excluding hydrogens is 208 g/mol. The van der Waals surface area contributed by atoms with Gasteiger partial charge in [-0.2, -0.15) is 0 Å². The van der Waals surface area contributed by atoms with Gasteiger partial charge in [-0.05, 0) is 18.4 Å². The van der Waals surface area contributed by atoms with Crippen molar-refractivity contribution in [3.8, 4) is 0 Å². The fourth-order valence-corrected chi connectivity index (χ4v) is 1.58. The Bertz CT molecular complexity index is 241. The van der Waals surface area contributed by atoms with Crippen LogP contribution in [0.15, 0.2) is 42.6 Å². The second kappa shape index (κ2) is 12.2. The molecule has 1 heteroatoms. The van der Waals surface area contributed by atoms with Crippen LogP contribution >= 0.6 is 0 Å². The van der Waals surface area contributed by atoms with Gasteiger partial charge in [0, 0.05) is 10.2 Å². The van der Waals surface area contributed by atoms with E-state index in [9.17, 15) is 0 Å². The smallest absolute Gasteiger partial charge is 0.0283 e. The molecule has 0 amide bonds. The third kappa shape index (κ3) is 9.72. The van der Waals surface area contributed by atoms with Gasteiger partial charge in [0.05, 0.1) is 0 Å². The lowest BCUT2D eigenvalue weighted by Crippen LogP contribution is -1.84. The van der Waals surface area contributed by atoms with Gasteiger partial charge in [-0.15, -0.1) is 12.3 Å². The van der Waals surface area contributed by atoms with Crippen molar-refractivity contribution in [2.75, 3.05) is 0 Å². The van der Waals surface area contributed by atoms with Gasteiger partial charge >= 0.3 is 0 Å². The zero-order valence-electron chi connectivity index (χ0n) is 10.9. The average Bonchev–Trinajstić information content (AvgIpc) is 2.31. The van der Waals surface area contributed by atoms with Crippen LogP contribution in [0, 0.1) is 0 Å². The molecule has 16 heavy (non-hydrogen) atoms. The van der Waals surface area contributed by atoms with Gasteiger partial charge in [0.25, 0.3) is 0 Å². The predicted molar refractivity (Wildman–Crippen MR) is 79.0 cm³/mol. The standard InChI is InChI=1S/C13H20.C2H6Si/c1-2-3-4-5-7-10-13-11-8-6-9-12-13;1-2-3/h6,8-9,11-12H,2-5,7,10H2,1H3;2H,1H2,3H3. The van der Waals surface area contributed by atoms with E-state index in [2.05, 4.69) is 43.8 Å². The molecular formula is C15H26Si. The zero-order chi connectivity index (χ0) is 12.1. The SMILES string of the molecule is C=C[SiH3].CCCCCCCc1ccccc1. The molecule has 0 N–H and O–H groups in total. The first-order chi connectivity index (χ1) is 7.85. The average molecular weight is 234 g/mol. The number of benzene rings is 1. The number of rotatable bonds is 6. The van der Waals surface area contributed by atoms with Crippen LogP contribution < -0.4 is 0 Å². The molecule has 0 fully saturated rings. The minimum absolute atomic E-state index is 1.13. The molecule has 0 bridgehead atoms. The first-order valence-electron chi connectivity index (χ1n) is 6.46. The van der Waals surface area contributed by atoms with E-state index in [1.807, 2.05) is 5.70 Å². The van der Waals surface area contributed by atoms with E-state index in [0.29, 0.717) is 0 Å². The Labute approximate surface area is 104 Å². The molecule has 0 aromatic heterocycles. The Hall–Kier alpha value is -0.823. The Morgan fingerprint density at radius 1 is 1.06 bits per heavy atom. The molecule has 0 saturated heterocycles. The van der Waals surface area contributed by atoms with E-state index in [4.69, 9.17) is 0 Å². The molecule has 0 atom stereocenters. The summed E-state index contributed by atoms with van der Waals surface area (Å²) in [5.74, 6) is 0. The molecule has 0 nitrogen and oxygen atoms in total. The van der Waals surface area contributed by atoms with Gasteiger partial charge < -0.3 is 0 Å². The van der Waals surface area contributed by atoms with Crippen molar-refractivity contribution in [2.24, 2.45) is 0 Å². The normalized spacial score (nSPS) is 9.31. The third-order valence-electron chi connectivity index (χ3n) is 2.41. The summed E-state index contributed by atoms with van der Waals surface area (Å²) in [7, 11) is 1.13. The van der Waals surface area contributed by atoms with Crippen LogP contribution in [0.3, 0.4) is 0 Å². The lowest BCUT2D eigenvalue weighted by Gasteiger charge is -2.00. The summed E-state index contributed by atoms with van der Waals surface area (Å²) in [4.78, 5) is 0. The molecule has 0 aliphatic heterocycles. The Kier molecular flexibility index (Phi) is 11.6. The first kappa shape index (κ1) is 15.2. The largest absolute Gasteiger partial charge is 0.112 e. The highest BCUT2D eigenvalue weighted by Gasteiger charge is 1.91. The summed E-state index contributed by atoms with van der Waals surface area (Å²) in [6, 6.07) is 10.8. The number of hydrogen-bond donors (Lipinski definition) is 0. The second-order valence-corrected chi connectivity index (χ2v) is 4.87. The van der Waals surface area contributed by atoms with Crippen LogP contribution in [0.5, 0.6) is 0 Å². The van der Waals surface area contributed by atoms with E-state index in [1.54, 1.807) is 0 Å². The lowest BCUT2D eigenvalue weighted by molar-refractivity contribution is 0.632. The van der Waals surface area contributed by atoms with Crippen LogP contribution in [-0.4, -0.2) is 10.2 Å². The van der Waals surface area contributed by atoms with Crippen LogP contribution in [0.25, 0.3) is 0 Å². The highest BCUT2D eigenvalue weighted by molar-refractivity contribution is 6.16. The summed E-state index contributed by atoms with van der Waals surface area (Å²) < 4.78 is 0. The van der Waals surface area contributed by atoms with Crippen molar-refractivity contribution in [1.82, 2.24) is 0 Å². The quantitative estimate of drug-likeness (QED) is 0.520. The summed E-state index contributed by atoms with van der Waals surface area (Å²) in [6.45, 7) is 5.68. The van der Waals surface area contributed by atoms with Crippen molar-refractivity contribution in [1.29, 1.82) is 0 Å². The maximum absolute atomic E-state index is 3.42. The minimum Gasteiger partial charge on any atom is -0.112 e. The monoisotopic (exact) mass is 234 g/mol. The summed E-state index contributed by atoms with van der Waals surface area (Å²) in [5, 5.41) is 0. The summed E-state index contributed by atoms with van der Waals surface area (Å²) >= 11 is 0. The van der Waals surface area contributed by atoms with Gasteiger partial charge in [-0.1, -0.05) is 62.9 Å². The van der Waals surface area contributed by atoms with Gasteiger partial charge in [0.15, 0.2) is 0 Å². The minimum atomic E-state index is 1.13. The molecule has 1 aromatic carbocycles. The van der Waals surface area contributed by atoms with Gasteiger partial charge in [0.1, 0.15) is 0 Å². The van der Waals surface area contributed by atoms with Gasteiger partial charge in [-0.25, -0.2) is 0 Å². The third-order valence-corrected chi connectivity index (χ3v) is 2.41. The fourth-order valence-electron chi connectivity index (χ4n) is 1.58. The highest BCUT2D eigenvalue weighted by atomic mass is 28.1. The maximum Gasteiger partial charge on any atom is 0.0283 e. The van der Waals surface area contributed by atoms with E-state index >= 15 is 0 Å². The highest BCUT2D eigenvalue weighted by Crippen LogP contribution is 2.08. The number of aryl methyl sites for hydroxylation is 1. The van der Waals surface area contributed by atoms with Crippen LogP contribution in [0.2, 0.25) is 0 Å². The molecule has 0 spiro atoms. The Morgan fingerprint density at radius 3 is 2.19 bits per heavy atom. The molecule has 0 aliphatic rings. The van der Waals surface area contributed by atoms with E-state index in [-0.39, 0.29) is 0 Å². The number of hydrogen-bond acceptors (Lipinski definition) is 0. The van der Waals surface area contributed by atoms with Crippen molar-refractivity contribution in [3.63, 3.8) is 0 Å². The van der Waals surface area contributed by atoms with Crippen molar-refractivity contribution < 1.29 is 0 Å². The molecule has 0 aliphatic carbocycles. The van der Waals surface area contributed by atoms with Crippen LogP contribution in [0.1, 0.15) is 44.6 Å². The molecule has 1 aromatic rings. The van der Waals surface area contributed by atoms with E-state index in [1.165, 1.54) is 44.1 Å². The fraction of sp³-hybridized carbons (Fsp3) is 0.467. The first-order valence-corrected chi connectivity index (χ1v) is 7.61.